The van der Waals surface area contributed by atoms with Gasteiger partial charge in [-0.1, -0.05) is 35.3 Å². The summed E-state index contributed by atoms with van der Waals surface area (Å²) < 4.78 is 5.02. The maximum absolute atomic E-state index is 12.2. The second kappa shape index (κ2) is 9.86. The van der Waals surface area contributed by atoms with Crippen LogP contribution in [-0.2, 0) is 15.3 Å². The number of amides is 1. The summed E-state index contributed by atoms with van der Waals surface area (Å²) in [5.74, 6) is 0.212. The highest BCUT2D eigenvalue weighted by molar-refractivity contribution is 7.99. The Labute approximate surface area is 167 Å². The van der Waals surface area contributed by atoms with Crippen LogP contribution in [0.5, 0.6) is 0 Å². The fourth-order valence-electron chi connectivity index (χ4n) is 2.30. The van der Waals surface area contributed by atoms with Crippen molar-refractivity contribution in [3.63, 3.8) is 0 Å². The van der Waals surface area contributed by atoms with Crippen molar-refractivity contribution in [2.45, 2.75) is 19.6 Å². The van der Waals surface area contributed by atoms with Gasteiger partial charge in [-0.2, -0.15) is 0 Å². The number of hydrogen-bond acceptors (Lipinski definition) is 4. The third-order valence-corrected chi connectivity index (χ3v) is 5.31. The predicted molar refractivity (Wildman–Crippen MR) is 108 cm³/mol. The predicted octanol–water partition coefficient (Wildman–Crippen LogP) is 5.35. The van der Waals surface area contributed by atoms with Crippen molar-refractivity contribution in [2.75, 3.05) is 17.7 Å². The first-order valence-corrected chi connectivity index (χ1v) is 9.92. The van der Waals surface area contributed by atoms with Crippen molar-refractivity contribution in [1.82, 2.24) is 0 Å². The first-order chi connectivity index (χ1) is 12.4. The number of carbonyl (C=O) groups is 2. The summed E-state index contributed by atoms with van der Waals surface area (Å²) in [6.45, 7) is 3.83. The van der Waals surface area contributed by atoms with Crippen molar-refractivity contribution >= 4 is 52.5 Å². The van der Waals surface area contributed by atoms with Crippen LogP contribution in [0.4, 0.5) is 5.69 Å². The molecule has 2 aromatic carbocycles. The molecule has 2 rings (SSSR count). The number of anilines is 1. The van der Waals surface area contributed by atoms with Crippen LogP contribution in [0, 0.1) is 6.92 Å². The Morgan fingerprint density at radius 2 is 1.77 bits per heavy atom. The zero-order valence-electron chi connectivity index (χ0n) is 14.5. The molecule has 4 nitrogen and oxygen atoms in total. The zero-order chi connectivity index (χ0) is 19.1. The summed E-state index contributed by atoms with van der Waals surface area (Å²) in [6.07, 6.45) is 0. The van der Waals surface area contributed by atoms with Crippen LogP contribution in [0.3, 0.4) is 0 Å². The normalized spacial score (nSPS) is 10.5. The smallest absolute Gasteiger partial charge is 0.338 e. The summed E-state index contributed by atoms with van der Waals surface area (Å²) >= 11 is 13.7. The number of halogens is 2. The van der Waals surface area contributed by atoms with E-state index < -0.39 is 5.97 Å². The van der Waals surface area contributed by atoms with Crippen LogP contribution in [0.25, 0.3) is 0 Å². The molecule has 0 saturated carbocycles. The van der Waals surface area contributed by atoms with Gasteiger partial charge in [0.25, 0.3) is 0 Å². The molecule has 0 heterocycles. The summed E-state index contributed by atoms with van der Waals surface area (Å²) in [5.41, 5.74) is 2.53. The minimum atomic E-state index is -0.399. The number of rotatable bonds is 7. The number of benzene rings is 2. The van der Waals surface area contributed by atoms with E-state index in [1.165, 1.54) is 11.8 Å². The Balaban J connectivity index is 1.96. The van der Waals surface area contributed by atoms with Crippen LogP contribution in [-0.4, -0.2) is 24.2 Å². The van der Waals surface area contributed by atoms with Gasteiger partial charge in [-0.3, -0.25) is 4.79 Å². The van der Waals surface area contributed by atoms with Crippen molar-refractivity contribution in [3.8, 4) is 0 Å². The lowest BCUT2D eigenvalue weighted by Gasteiger charge is -2.12. The summed E-state index contributed by atoms with van der Waals surface area (Å²) in [4.78, 5) is 24.1. The Kier molecular flexibility index (Phi) is 7.82. The highest BCUT2D eigenvalue weighted by Crippen LogP contribution is 2.28. The fraction of sp³-hybridized carbons (Fsp3) is 0.263. The number of ether oxygens (including phenoxy) is 1. The van der Waals surface area contributed by atoms with E-state index in [0.717, 1.165) is 5.56 Å². The van der Waals surface area contributed by atoms with Gasteiger partial charge in [-0.25, -0.2) is 4.79 Å². The monoisotopic (exact) mass is 411 g/mol. The van der Waals surface area contributed by atoms with E-state index in [-0.39, 0.29) is 11.7 Å². The molecule has 0 radical (unpaired) electrons. The molecule has 0 aliphatic carbocycles. The first kappa shape index (κ1) is 20.6. The standard InChI is InChI=1S/C19H19Cl2NO3S/c1-3-25-19(24)13-6-4-9-17(12(13)2)22-18(23)11-26-10-14-15(20)7-5-8-16(14)21/h4-9H,3,10-11H2,1-2H3,(H,22,23). The van der Waals surface area contributed by atoms with Gasteiger partial charge < -0.3 is 10.1 Å². The number of esters is 1. The van der Waals surface area contributed by atoms with E-state index in [4.69, 9.17) is 27.9 Å². The minimum absolute atomic E-state index is 0.165. The van der Waals surface area contributed by atoms with Gasteiger partial charge in [0, 0.05) is 21.5 Å². The maximum Gasteiger partial charge on any atom is 0.338 e. The van der Waals surface area contributed by atoms with Crippen LogP contribution in [0.2, 0.25) is 10.0 Å². The largest absolute Gasteiger partial charge is 0.462 e. The maximum atomic E-state index is 12.2. The SMILES string of the molecule is CCOC(=O)c1cccc(NC(=O)CSCc2c(Cl)cccc2Cl)c1C. The average molecular weight is 412 g/mol. The molecule has 7 heteroatoms. The second-order valence-electron chi connectivity index (χ2n) is 5.44. The molecule has 26 heavy (non-hydrogen) atoms. The van der Waals surface area contributed by atoms with Gasteiger partial charge in [-0.15, -0.1) is 11.8 Å². The number of hydrogen-bond donors (Lipinski definition) is 1. The molecular formula is C19H19Cl2NO3S. The van der Waals surface area contributed by atoms with E-state index in [1.807, 2.05) is 0 Å². The molecule has 0 fully saturated rings. The molecule has 0 saturated heterocycles. The molecule has 1 amide bonds. The van der Waals surface area contributed by atoms with E-state index in [1.54, 1.807) is 50.2 Å². The average Bonchev–Trinajstić information content (AvgIpc) is 2.59. The van der Waals surface area contributed by atoms with E-state index in [2.05, 4.69) is 5.32 Å². The highest BCUT2D eigenvalue weighted by Gasteiger charge is 2.14. The molecule has 0 aliphatic rings. The molecule has 0 unspecified atom stereocenters. The summed E-state index contributed by atoms with van der Waals surface area (Å²) in [7, 11) is 0. The van der Waals surface area contributed by atoms with Crippen molar-refractivity contribution in [2.24, 2.45) is 0 Å². The van der Waals surface area contributed by atoms with E-state index in [9.17, 15) is 9.59 Å². The summed E-state index contributed by atoms with van der Waals surface area (Å²) in [5, 5.41) is 4.00. The third-order valence-electron chi connectivity index (χ3n) is 3.64. The zero-order valence-corrected chi connectivity index (χ0v) is 16.8. The Bertz CT molecular complexity index is 791. The molecule has 0 bridgehead atoms. The second-order valence-corrected chi connectivity index (χ2v) is 7.24. The molecule has 0 aliphatic heterocycles. The Morgan fingerprint density at radius 1 is 1.12 bits per heavy atom. The highest BCUT2D eigenvalue weighted by atomic mass is 35.5. The van der Waals surface area contributed by atoms with Crippen LogP contribution in [0.1, 0.15) is 28.4 Å². The molecule has 0 aromatic heterocycles. The number of thioether (sulfide) groups is 1. The molecule has 0 spiro atoms. The quantitative estimate of drug-likeness (QED) is 0.623. The fourth-order valence-corrected chi connectivity index (χ4v) is 3.87. The molecule has 0 atom stereocenters. The van der Waals surface area contributed by atoms with E-state index >= 15 is 0 Å². The van der Waals surface area contributed by atoms with Crippen molar-refractivity contribution in [3.05, 3.63) is 63.1 Å². The Hall–Kier alpha value is -1.69. The van der Waals surface area contributed by atoms with Crippen molar-refractivity contribution < 1.29 is 14.3 Å². The van der Waals surface area contributed by atoms with Gasteiger partial charge in [0.05, 0.1) is 17.9 Å². The molecule has 1 N–H and O–H groups in total. The Morgan fingerprint density at radius 3 is 2.42 bits per heavy atom. The topological polar surface area (TPSA) is 55.4 Å². The minimum Gasteiger partial charge on any atom is -0.462 e. The van der Waals surface area contributed by atoms with Crippen LogP contribution < -0.4 is 5.32 Å². The van der Waals surface area contributed by atoms with Gasteiger partial charge in [-0.05, 0) is 49.2 Å². The van der Waals surface area contributed by atoms with Crippen LogP contribution >= 0.6 is 35.0 Å². The lowest BCUT2D eigenvalue weighted by Crippen LogP contribution is -2.16. The number of nitrogens with one attached hydrogen (secondary N) is 1. The van der Waals surface area contributed by atoms with Crippen LogP contribution in [0.15, 0.2) is 36.4 Å². The van der Waals surface area contributed by atoms with E-state index in [0.29, 0.717) is 39.2 Å². The molecule has 138 valence electrons. The molecule has 2 aromatic rings. The molecular weight excluding hydrogens is 393 g/mol. The van der Waals surface area contributed by atoms with Gasteiger partial charge in [0.15, 0.2) is 0 Å². The lowest BCUT2D eigenvalue weighted by atomic mass is 10.1. The number of carbonyl (C=O) groups excluding carboxylic acids is 2. The van der Waals surface area contributed by atoms with Gasteiger partial charge >= 0.3 is 5.97 Å². The third kappa shape index (κ3) is 5.40. The van der Waals surface area contributed by atoms with Crippen molar-refractivity contribution in [1.29, 1.82) is 0 Å². The lowest BCUT2D eigenvalue weighted by molar-refractivity contribution is -0.113. The summed E-state index contributed by atoms with van der Waals surface area (Å²) in [6, 6.07) is 10.5. The van der Waals surface area contributed by atoms with Gasteiger partial charge in [0.2, 0.25) is 5.91 Å². The first-order valence-electron chi connectivity index (χ1n) is 8.01. The van der Waals surface area contributed by atoms with Gasteiger partial charge in [0.1, 0.15) is 0 Å².